The summed E-state index contributed by atoms with van der Waals surface area (Å²) < 4.78 is 4.73. The Kier molecular flexibility index (Phi) is 3.69. The SMILES string of the molecule is COCC(=O)Nc1ccc2c(Cl)c(O)ccc2c1. The van der Waals surface area contributed by atoms with Gasteiger partial charge >= 0.3 is 0 Å². The van der Waals surface area contributed by atoms with E-state index >= 15 is 0 Å². The van der Waals surface area contributed by atoms with Crippen molar-refractivity contribution in [3.8, 4) is 5.75 Å². The lowest BCUT2D eigenvalue weighted by Gasteiger charge is -2.07. The lowest BCUT2D eigenvalue weighted by atomic mass is 10.1. The van der Waals surface area contributed by atoms with Gasteiger partial charge in [-0.3, -0.25) is 4.79 Å². The molecule has 0 heterocycles. The van der Waals surface area contributed by atoms with E-state index in [1.54, 1.807) is 24.3 Å². The summed E-state index contributed by atoms with van der Waals surface area (Å²) in [6.45, 7) is 0.00830. The minimum atomic E-state index is -0.221. The van der Waals surface area contributed by atoms with Crippen LogP contribution in [0.3, 0.4) is 0 Å². The van der Waals surface area contributed by atoms with Gasteiger partial charge in [0.2, 0.25) is 5.91 Å². The summed E-state index contributed by atoms with van der Waals surface area (Å²) >= 11 is 5.98. The molecule has 2 N–H and O–H groups in total. The molecule has 0 radical (unpaired) electrons. The van der Waals surface area contributed by atoms with Crippen LogP contribution in [0.4, 0.5) is 5.69 Å². The Morgan fingerprint density at radius 3 is 2.89 bits per heavy atom. The predicted octanol–water partition coefficient (Wildman–Crippen LogP) is 2.78. The Hall–Kier alpha value is -1.78. The van der Waals surface area contributed by atoms with Gasteiger partial charge in [0.05, 0.1) is 5.02 Å². The van der Waals surface area contributed by atoms with Gasteiger partial charge in [-0.2, -0.15) is 0 Å². The summed E-state index contributed by atoms with van der Waals surface area (Å²) in [6.07, 6.45) is 0. The van der Waals surface area contributed by atoms with Crippen LogP contribution >= 0.6 is 11.6 Å². The second-order valence-electron chi connectivity index (χ2n) is 3.82. The standard InChI is InChI=1S/C13H12ClNO3/c1-18-7-12(17)15-9-3-4-10-8(6-9)2-5-11(16)13(10)14/h2-6,16H,7H2,1H3,(H,15,17). The topological polar surface area (TPSA) is 58.6 Å². The number of phenolic OH excluding ortho intramolecular Hbond substituents is 1. The molecule has 0 spiro atoms. The van der Waals surface area contributed by atoms with Crippen molar-refractivity contribution >= 4 is 34.0 Å². The number of methoxy groups -OCH3 is 1. The lowest BCUT2D eigenvalue weighted by molar-refractivity contribution is -0.119. The number of carbonyl (C=O) groups excluding carboxylic acids is 1. The Bertz CT molecular complexity index is 598. The number of aromatic hydroxyl groups is 1. The van der Waals surface area contributed by atoms with Crippen LogP contribution in [0.15, 0.2) is 30.3 Å². The fourth-order valence-electron chi connectivity index (χ4n) is 1.69. The van der Waals surface area contributed by atoms with Crippen LogP contribution in [0, 0.1) is 0 Å². The maximum absolute atomic E-state index is 11.4. The van der Waals surface area contributed by atoms with Crippen LogP contribution in [-0.4, -0.2) is 24.7 Å². The van der Waals surface area contributed by atoms with E-state index in [2.05, 4.69) is 5.32 Å². The van der Waals surface area contributed by atoms with E-state index in [0.29, 0.717) is 10.7 Å². The summed E-state index contributed by atoms with van der Waals surface area (Å²) in [5.41, 5.74) is 0.659. The summed E-state index contributed by atoms with van der Waals surface area (Å²) in [5, 5.41) is 14.1. The molecule has 2 aromatic rings. The van der Waals surface area contributed by atoms with E-state index < -0.39 is 0 Å². The van der Waals surface area contributed by atoms with Gasteiger partial charge in [-0.15, -0.1) is 0 Å². The summed E-state index contributed by atoms with van der Waals surface area (Å²) in [7, 11) is 1.46. The van der Waals surface area contributed by atoms with Crippen LogP contribution < -0.4 is 5.32 Å². The average molecular weight is 266 g/mol. The molecule has 0 bridgehead atoms. The molecule has 18 heavy (non-hydrogen) atoms. The molecule has 5 heteroatoms. The zero-order chi connectivity index (χ0) is 13.1. The van der Waals surface area contributed by atoms with Gasteiger partial charge in [0.1, 0.15) is 12.4 Å². The van der Waals surface area contributed by atoms with Crippen LogP contribution in [0.2, 0.25) is 5.02 Å². The number of rotatable bonds is 3. The number of phenols is 1. The Balaban J connectivity index is 2.34. The molecular weight excluding hydrogens is 254 g/mol. The molecular formula is C13H12ClNO3. The number of fused-ring (bicyclic) bond motifs is 1. The average Bonchev–Trinajstić information content (AvgIpc) is 2.34. The molecule has 0 atom stereocenters. The van der Waals surface area contributed by atoms with Crippen LogP contribution in [0.25, 0.3) is 10.8 Å². The normalized spacial score (nSPS) is 10.6. The van der Waals surface area contributed by atoms with E-state index in [4.69, 9.17) is 16.3 Å². The molecule has 0 aliphatic heterocycles. The molecule has 2 rings (SSSR count). The maximum atomic E-state index is 11.4. The van der Waals surface area contributed by atoms with Crippen molar-refractivity contribution < 1.29 is 14.6 Å². The van der Waals surface area contributed by atoms with Crippen molar-refractivity contribution in [3.05, 3.63) is 35.4 Å². The van der Waals surface area contributed by atoms with Crippen LogP contribution in [-0.2, 0) is 9.53 Å². The third-order valence-electron chi connectivity index (χ3n) is 2.49. The fourth-order valence-corrected chi connectivity index (χ4v) is 1.92. The first-order chi connectivity index (χ1) is 8.61. The Morgan fingerprint density at radius 1 is 1.39 bits per heavy atom. The molecule has 0 unspecified atom stereocenters. The highest BCUT2D eigenvalue weighted by Gasteiger charge is 2.06. The third kappa shape index (κ3) is 2.55. The molecule has 1 amide bonds. The third-order valence-corrected chi connectivity index (χ3v) is 2.89. The highest BCUT2D eigenvalue weighted by molar-refractivity contribution is 6.37. The number of ether oxygens (including phenoxy) is 1. The summed E-state index contributed by atoms with van der Waals surface area (Å²) in [5.74, 6) is -0.179. The van der Waals surface area contributed by atoms with Gasteiger partial charge in [-0.05, 0) is 23.6 Å². The van der Waals surface area contributed by atoms with Gasteiger partial charge in [-0.1, -0.05) is 23.7 Å². The smallest absolute Gasteiger partial charge is 0.250 e. The predicted molar refractivity (Wildman–Crippen MR) is 71.1 cm³/mol. The molecule has 0 aliphatic rings. The van der Waals surface area contributed by atoms with E-state index in [1.807, 2.05) is 0 Å². The quantitative estimate of drug-likeness (QED) is 0.897. The first-order valence-corrected chi connectivity index (χ1v) is 5.69. The Morgan fingerprint density at radius 2 is 2.17 bits per heavy atom. The van der Waals surface area contributed by atoms with E-state index in [0.717, 1.165) is 10.8 Å². The minimum absolute atomic E-state index is 0.00830. The number of benzene rings is 2. The number of anilines is 1. The van der Waals surface area contributed by atoms with Gasteiger partial charge < -0.3 is 15.2 Å². The molecule has 0 saturated heterocycles. The summed E-state index contributed by atoms with van der Waals surface area (Å²) in [4.78, 5) is 11.4. The molecule has 0 aliphatic carbocycles. The highest BCUT2D eigenvalue weighted by Crippen LogP contribution is 2.32. The van der Waals surface area contributed by atoms with Crippen LogP contribution in [0.1, 0.15) is 0 Å². The summed E-state index contributed by atoms with van der Waals surface area (Å²) in [6, 6.07) is 8.52. The highest BCUT2D eigenvalue weighted by atomic mass is 35.5. The van der Waals surface area contributed by atoms with E-state index in [9.17, 15) is 9.90 Å². The first kappa shape index (κ1) is 12.7. The van der Waals surface area contributed by atoms with E-state index in [1.165, 1.54) is 13.2 Å². The lowest BCUT2D eigenvalue weighted by Crippen LogP contribution is -2.16. The second-order valence-corrected chi connectivity index (χ2v) is 4.19. The van der Waals surface area contributed by atoms with Crippen molar-refractivity contribution in [2.45, 2.75) is 0 Å². The zero-order valence-electron chi connectivity index (χ0n) is 9.74. The molecule has 4 nitrogen and oxygen atoms in total. The van der Waals surface area contributed by atoms with Crippen molar-refractivity contribution in [2.75, 3.05) is 19.0 Å². The number of hydrogen-bond acceptors (Lipinski definition) is 3. The minimum Gasteiger partial charge on any atom is -0.506 e. The van der Waals surface area contributed by atoms with Gasteiger partial charge in [0, 0.05) is 18.2 Å². The molecule has 94 valence electrons. The van der Waals surface area contributed by atoms with Crippen molar-refractivity contribution in [2.24, 2.45) is 0 Å². The molecule has 0 fully saturated rings. The van der Waals surface area contributed by atoms with Crippen LogP contribution in [0.5, 0.6) is 5.75 Å². The largest absolute Gasteiger partial charge is 0.506 e. The van der Waals surface area contributed by atoms with Crippen molar-refractivity contribution in [1.82, 2.24) is 0 Å². The van der Waals surface area contributed by atoms with E-state index in [-0.39, 0.29) is 18.3 Å². The second kappa shape index (κ2) is 5.25. The zero-order valence-corrected chi connectivity index (χ0v) is 10.5. The number of nitrogens with one attached hydrogen (secondary N) is 1. The van der Waals surface area contributed by atoms with Crippen molar-refractivity contribution in [3.63, 3.8) is 0 Å². The van der Waals surface area contributed by atoms with Gasteiger partial charge in [0.25, 0.3) is 0 Å². The monoisotopic (exact) mass is 265 g/mol. The van der Waals surface area contributed by atoms with Gasteiger partial charge in [0.15, 0.2) is 0 Å². The molecule has 0 saturated carbocycles. The number of amides is 1. The fraction of sp³-hybridized carbons (Fsp3) is 0.154. The molecule has 2 aromatic carbocycles. The molecule has 0 aromatic heterocycles. The van der Waals surface area contributed by atoms with Crippen molar-refractivity contribution in [1.29, 1.82) is 0 Å². The van der Waals surface area contributed by atoms with Gasteiger partial charge in [-0.25, -0.2) is 0 Å². The number of hydrogen-bond donors (Lipinski definition) is 2. The maximum Gasteiger partial charge on any atom is 0.250 e. The number of halogens is 1. The number of carbonyl (C=O) groups is 1. The first-order valence-electron chi connectivity index (χ1n) is 5.32. The Labute approximate surface area is 109 Å².